The van der Waals surface area contributed by atoms with Crippen molar-refractivity contribution in [2.45, 2.75) is 6.42 Å². The van der Waals surface area contributed by atoms with E-state index in [1.165, 1.54) is 0 Å². The van der Waals surface area contributed by atoms with Crippen LogP contribution in [0.3, 0.4) is 0 Å². The number of nitrogens with zero attached hydrogens (tertiary/aromatic N) is 3. The molecule has 0 atom stereocenters. The second kappa shape index (κ2) is 6.90. The van der Waals surface area contributed by atoms with Crippen LogP contribution >= 0.6 is 0 Å². The zero-order valence-electron chi connectivity index (χ0n) is 12.3. The third-order valence-electron chi connectivity index (χ3n) is 3.29. The number of anilines is 1. The Labute approximate surface area is 123 Å². The van der Waals surface area contributed by atoms with Gasteiger partial charge in [0, 0.05) is 32.7 Å². The van der Waals surface area contributed by atoms with Crippen molar-refractivity contribution in [1.82, 2.24) is 4.98 Å². The van der Waals surface area contributed by atoms with Crippen LogP contribution in [0.2, 0.25) is 0 Å². The number of para-hydroxylation sites is 1. The first-order chi connectivity index (χ1) is 10.2. The number of ether oxygens (including phenoxy) is 1. The predicted octanol–water partition coefficient (Wildman–Crippen LogP) is 1.80. The summed E-state index contributed by atoms with van der Waals surface area (Å²) in [7, 11) is 3.61. The van der Waals surface area contributed by atoms with Crippen molar-refractivity contribution in [2.75, 3.05) is 32.2 Å². The van der Waals surface area contributed by atoms with Gasteiger partial charge in [0.1, 0.15) is 5.82 Å². The van der Waals surface area contributed by atoms with Gasteiger partial charge in [-0.3, -0.25) is 0 Å². The molecule has 21 heavy (non-hydrogen) atoms. The summed E-state index contributed by atoms with van der Waals surface area (Å²) in [5.41, 5.74) is 7.28. The van der Waals surface area contributed by atoms with Gasteiger partial charge in [-0.15, -0.1) is 0 Å². The molecule has 1 aromatic carbocycles. The molecular weight excluding hydrogens is 268 g/mol. The van der Waals surface area contributed by atoms with Gasteiger partial charge in [-0.05, 0) is 18.6 Å². The molecule has 1 heterocycles. The first-order valence-electron chi connectivity index (χ1n) is 6.75. The van der Waals surface area contributed by atoms with Crippen LogP contribution in [-0.4, -0.2) is 43.3 Å². The average molecular weight is 288 g/mol. The van der Waals surface area contributed by atoms with Gasteiger partial charge in [0.05, 0.1) is 11.1 Å². The Hall–Kier alpha value is -2.34. The maximum atomic E-state index is 8.98. The number of benzene rings is 1. The van der Waals surface area contributed by atoms with Crippen molar-refractivity contribution in [3.8, 4) is 0 Å². The summed E-state index contributed by atoms with van der Waals surface area (Å²) in [5, 5.41) is 13.0. The van der Waals surface area contributed by atoms with E-state index < -0.39 is 0 Å². The van der Waals surface area contributed by atoms with Crippen molar-refractivity contribution >= 4 is 22.6 Å². The number of fused-ring (bicyclic) bond motifs is 1. The molecule has 0 unspecified atom stereocenters. The van der Waals surface area contributed by atoms with E-state index in [2.05, 4.69) is 10.1 Å². The number of hydrogen-bond donors (Lipinski definition) is 2. The van der Waals surface area contributed by atoms with Crippen LogP contribution in [0.4, 0.5) is 5.82 Å². The van der Waals surface area contributed by atoms with Crippen LogP contribution in [0.1, 0.15) is 12.0 Å². The Morgan fingerprint density at radius 2 is 2.19 bits per heavy atom. The summed E-state index contributed by atoms with van der Waals surface area (Å²) in [5.74, 6) is 0.752. The van der Waals surface area contributed by atoms with E-state index >= 15 is 0 Å². The summed E-state index contributed by atoms with van der Waals surface area (Å²) in [6, 6.07) is 9.65. The highest BCUT2D eigenvalue weighted by Crippen LogP contribution is 2.23. The smallest absolute Gasteiger partial charge is 0.173 e. The standard InChI is InChI=1S/C15H20N4O2/c1-19(8-5-9-21-2)15-12(14(16)18-20)10-11-6-3-4-7-13(11)17-15/h3-4,6-7,10,20H,5,8-9H2,1-2H3,(H2,16,18). The van der Waals surface area contributed by atoms with Crippen LogP contribution in [-0.2, 0) is 4.74 Å². The number of amidine groups is 1. The molecule has 0 amide bonds. The van der Waals surface area contributed by atoms with E-state index in [1.54, 1.807) is 7.11 Å². The van der Waals surface area contributed by atoms with Crippen molar-refractivity contribution in [3.05, 3.63) is 35.9 Å². The van der Waals surface area contributed by atoms with E-state index in [4.69, 9.17) is 15.7 Å². The van der Waals surface area contributed by atoms with Crippen LogP contribution in [0.15, 0.2) is 35.5 Å². The maximum Gasteiger partial charge on any atom is 0.173 e. The molecule has 6 heteroatoms. The highest BCUT2D eigenvalue weighted by molar-refractivity contribution is 6.04. The van der Waals surface area contributed by atoms with E-state index in [1.807, 2.05) is 42.3 Å². The van der Waals surface area contributed by atoms with Gasteiger partial charge in [-0.25, -0.2) is 4.98 Å². The normalized spacial score (nSPS) is 11.8. The number of aromatic nitrogens is 1. The van der Waals surface area contributed by atoms with Gasteiger partial charge in [-0.2, -0.15) is 0 Å². The van der Waals surface area contributed by atoms with Crippen LogP contribution in [0, 0.1) is 0 Å². The fourth-order valence-corrected chi connectivity index (χ4v) is 2.19. The van der Waals surface area contributed by atoms with Crippen LogP contribution < -0.4 is 10.6 Å². The first kappa shape index (κ1) is 15.1. The quantitative estimate of drug-likeness (QED) is 0.278. The Bertz CT molecular complexity index is 643. The largest absolute Gasteiger partial charge is 0.409 e. The van der Waals surface area contributed by atoms with E-state index in [0.717, 1.165) is 23.9 Å². The topological polar surface area (TPSA) is 84.0 Å². The summed E-state index contributed by atoms with van der Waals surface area (Å²) in [6.45, 7) is 1.45. The van der Waals surface area contributed by atoms with Crippen LogP contribution in [0.5, 0.6) is 0 Å². The number of oxime groups is 1. The fraction of sp³-hybridized carbons (Fsp3) is 0.333. The van der Waals surface area contributed by atoms with E-state index in [9.17, 15) is 0 Å². The predicted molar refractivity (Wildman–Crippen MR) is 84.0 cm³/mol. The van der Waals surface area contributed by atoms with Gasteiger partial charge >= 0.3 is 0 Å². The lowest BCUT2D eigenvalue weighted by molar-refractivity contribution is 0.196. The molecule has 0 aliphatic heterocycles. The Morgan fingerprint density at radius 1 is 1.43 bits per heavy atom. The molecule has 1 aromatic heterocycles. The SMILES string of the molecule is COCCCN(C)c1nc2ccccc2cc1C(N)=NO. The minimum absolute atomic E-state index is 0.0573. The zero-order valence-corrected chi connectivity index (χ0v) is 12.3. The van der Waals surface area contributed by atoms with Crippen LogP contribution in [0.25, 0.3) is 10.9 Å². The van der Waals surface area contributed by atoms with Crippen molar-refractivity contribution in [1.29, 1.82) is 0 Å². The molecule has 0 saturated carbocycles. The van der Waals surface area contributed by atoms with Crippen molar-refractivity contribution in [3.63, 3.8) is 0 Å². The Balaban J connectivity index is 2.43. The Morgan fingerprint density at radius 3 is 2.90 bits per heavy atom. The van der Waals surface area contributed by atoms with Gasteiger partial charge in [0.15, 0.2) is 5.84 Å². The molecule has 0 fully saturated rings. The van der Waals surface area contributed by atoms with Crippen molar-refractivity contribution in [2.24, 2.45) is 10.9 Å². The molecule has 6 nitrogen and oxygen atoms in total. The summed E-state index contributed by atoms with van der Waals surface area (Å²) >= 11 is 0. The summed E-state index contributed by atoms with van der Waals surface area (Å²) in [6.07, 6.45) is 0.872. The maximum absolute atomic E-state index is 8.98. The Kier molecular flexibility index (Phi) is 4.94. The third kappa shape index (κ3) is 3.41. The van der Waals surface area contributed by atoms with E-state index in [0.29, 0.717) is 18.0 Å². The summed E-state index contributed by atoms with van der Waals surface area (Å²) in [4.78, 5) is 6.62. The lowest BCUT2D eigenvalue weighted by Crippen LogP contribution is -2.25. The molecule has 0 radical (unpaired) electrons. The lowest BCUT2D eigenvalue weighted by atomic mass is 10.1. The molecule has 2 aromatic rings. The first-order valence-corrected chi connectivity index (χ1v) is 6.75. The van der Waals surface area contributed by atoms with Gasteiger partial charge in [-0.1, -0.05) is 23.4 Å². The number of pyridine rings is 1. The molecule has 0 aliphatic carbocycles. The minimum Gasteiger partial charge on any atom is -0.409 e. The van der Waals surface area contributed by atoms with Crippen molar-refractivity contribution < 1.29 is 9.94 Å². The number of hydrogen-bond acceptors (Lipinski definition) is 5. The number of nitrogens with two attached hydrogens (primary N) is 1. The second-order valence-corrected chi connectivity index (χ2v) is 4.81. The minimum atomic E-state index is 0.0573. The fourth-order valence-electron chi connectivity index (χ4n) is 2.19. The van der Waals surface area contributed by atoms with E-state index in [-0.39, 0.29) is 5.84 Å². The van der Waals surface area contributed by atoms with Gasteiger partial charge in [0.2, 0.25) is 0 Å². The molecule has 2 rings (SSSR count). The highest BCUT2D eigenvalue weighted by Gasteiger charge is 2.14. The average Bonchev–Trinajstić information content (AvgIpc) is 2.53. The summed E-state index contributed by atoms with van der Waals surface area (Å²) < 4.78 is 5.06. The monoisotopic (exact) mass is 288 g/mol. The zero-order chi connectivity index (χ0) is 15.2. The molecule has 0 spiro atoms. The molecule has 0 saturated heterocycles. The third-order valence-corrected chi connectivity index (χ3v) is 3.29. The molecule has 3 N–H and O–H groups in total. The lowest BCUT2D eigenvalue weighted by Gasteiger charge is -2.21. The highest BCUT2D eigenvalue weighted by atomic mass is 16.5. The molecule has 112 valence electrons. The number of rotatable bonds is 6. The number of methoxy groups -OCH3 is 1. The molecule has 0 aliphatic rings. The molecular formula is C15H20N4O2. The molecule has 0 bridgehead atoms. The van der Waals surface area contributed by atoms with Gasteiger partial charge < -0.3 is 20.6 Å². The van der Waals surface area contributed by atoms with Gasteiger partial charge in [0.25, 0.3) is 0 Å². The second-order valence-electron chi connectivity index (χ2n) is 4.81.